The molecule has 1 unspecified atom stereocenters. The van der Waals surface area contributed by atoms with Gasteiger partial charge in [0.1, 0.15) is 17.3 Å². The molecular formula is C24H27F2N5O2S. The number of nitrogens with zero attached hydrogens (tertiary/aromatic N) is 3. The highest BCUT2D eigenvalue weighted by Gasteiger charge is 2.16. The summed E-state index contributed by atoms with van der Waals surface area (Å²) in [6.07, 6.45) is 4.23. The molecule has 7 nitrogen and oxygen atoms in total. The second kappa shape index (κ2) is 10.3. The van der Waals surface area contributed by atoms with Gasteiger partial charge in [0.25, 0.3) is 0 Å². The molecule has 10 heteroatoms. The van der Waals surface area contributed by atoms with E-state index in [2.05, 4.69) is 25.0 Å². The Morgan fingerprint density at radius 3 is 2.85 bits per heavy atom. The molecule has 4 bridgehead atoms. The Bertz CT molecular complexity index is 1310. The summed E-state index contributed by atoms with van der Waals surface area (Å²) in [6, 6.07) is 9.59. The van der Waals surface area contributed by atoms with E-state index < -0.39 is 21.4 Å². The van der Waals surface area contributed by atoms with Gasteiger partial charge in [0.15, 0.2) is 5.82 Å². The first-order valence-electron chi connectivity index (χ1n) is 11.1. The van der Waals surface area contributed by atoms with Crippen molar-refractivity contribution >= 4 is 27.1 Å². The van der Waals surface area contributed by atoms with Crippen molar-refractivity contribution in [3.63, 3.8) is 0 Å². The highest BCUT2D eigenvalue weighted by atomic mass is 32.2. The fourth-order valence-corrected chi connectivity index (χ4v) is 5.20. The van der Waals surface area contributed by atoms with E-state index in [1.807, 2.05) is 19.1 Å². The molecule has 1 aromatic heterocycles. The first-order valence-corrected chi connectivity index (χ1v) is 13.2. The molecule has 1 aliphatic rings. The summed E-state index contributed by atoms with van der Waals surface area (Å²) >= 11 is 0. The largest absolute Gasteiger partial charge is 0.494 e. The van der Waals surface area contributed by atoms with Crippen LogP contribution in [-0.2, 0) is 15.5 Å². The van der Waals surface area contributed by atoms with Gasteiger partial charge in [0.05, 0.1) is 18.6 Å². The third kappa shape index (κ3) is 5.99. The van der Waals surface area contributed by atoms with E-state index in [0.717, 1.165) is 24.6 Å². The maximum Gasteiger partial charge on any atom is 0.227 e. The fraction of sp³-hybridized carbons (Fsp3) is 0.333. The highest BCUT2D eigenvalue weighted by molar-refractivity contribution is 7.92. The smallest absolute Gasteiger partial charge is 0.227 e. The SMILES string of the molecule is CCN=S(C)(=O)Cc1cc2cc(c1)OCCCCNc1cc(F)ccc1-c1nc(ncc1F)N2. The van der Waals surface area contributed by atoms with E-state index in [1.54, 1.807) is 12.3 Å². The van der Waals surface area contributed by atoms with Crippen LogP contribution < -0.4 is 15.4 Å². The van der Waals surface area contributed by atoms with E-state index in [-0.39, 0.29) is 17.4 Å². The van der Waals surface area contributed by atoms with Crippen molar-refractivity contribution in [2.45, 2.75) is 25.5 Å². The minimum atomic E-state index is -2.39. The molecule has 0 fully saturated rings. The summed E-state index contributed by atoms with van der Waals surface area (Å²) in [4.78, 5) is 8.43. The number of halogens is 2. The fourth-order valence-electron chi connectivity index (χ4n) is 3.78. The molecule has 2 N–H and O–H groups in total. The predicted octanol–water partition coefficient (Wildman–Crippen LogP) is 5.37. The molecule has 4 rings (SSSR count). The van der Waals surface area contributed by atoms with Crippen molar-refractivity contribution in [1.29, 1.82) is 0 Å². The van der Waals surface area contributed by atoms with Crippen LogP contribution in [0.3, 0.4) is 0 Å². The van der Waals surface area contributed by atoms with Gasteiger partial charge in [0.2, 0.25) is 5.95 Å². The van der Waals surface area contributed by atoms with Crippen molar-refractivity contribution in [3.8, 4) is 17.0 Å². The highest BCUT2D eigenvalue weighted by Crippen LogP contribution is 2.31. The van der Waals surface area contributed by atoms with Crippen LogP contribution in [0.2, 0.25) is 0 Å². The lowest BCUT2D eigenvalue weighted by atomic mass is 10.1. The van der Waals surface area contributed by atoms with Crippen LogP contribution in [0.15, 0.2) is 47.0 Å². The van der Waals surface area contributed by atoms with Crippen LogP contribution in [0.4, 0.5) is 26.1 Å². The molecule has 3 aromatic rings. The molecule has 1 aliphatic heterocycles. The van der Waals surface area contributed by atoms with Crippen LogP contribution in [-0.4, -0.2) is 40.1 Å². The number of hydrogen-bond acceptors (Lipinski definition) is 7. The quantitative estimate of drug-likeness (QED) is 0.517. The Balaban J connectivity index is 1.77. The van der Waals surface area contributed by atoms with E-state index in [1.165, 1.54) is 18.2 Å². The standard InChI is InChI=1S/C24H27F2N5O2S/c1-3-29-34(2,32)15-16-10-18-13-19(11-16)33-9-5-4-8-27-22-12-17(25)6-7-20(22)23-21(26)14-28-24(30-18)31-23/h6-7,10-14,27H,3-5,8-9,15H2,1-2H3,(H,28,30,31). The normalized spacial score (nSPS) is 15.3. The summed E-state index contributed by atoms with van der Waals surface area (Å²) in [5.41, 5.74) is 2.36. The van der Waals surface area contributed by atoms with Crippen LogP contribution in [0, 0.1) is 11.6 Å². The first kappa shape index (κ1) is 23.9. The van der Waals surface area contributed by atoms with Gasteiger partial charge in [-0.2, -0.15) is 0 Å². The van der Waals surface area contributed by atoms with Gasteiger partial charge in [-0.3, -0.25) is 0 Å². The summed E-state index contributed by atoms with van der Waals surface area (Å²) in [7, 11) is -2.39. The average Bonchev–Trinajstić information content (AvgIpc) is 2.77. The van der Waals surface area contributed by atoms with Crippen molar-refractivity contribution < 1.29 is 17.7 Å². The number of hydrogen-bond donors (Lipinski definition) is 2. The summed E-state index contributed by atoms with van der Waals surface area (Å²) < 4.78 is 51.6. The monoisotopic (exact) mass is 487 g/mol. The van der Waals surface area contributed by atoms with Gasteiger partial charge in [0, 0.05) is 52.1 Å². The van der Waals surface area contributed by atoms with Gasteiger partial charge in [-0.25, -0.2) is 27.3 Å². The molecule has 0 spiro atoms. The van der Waals surface area contributed by atoms with E-state index in [9.17, 15) is 13.0 Å². The Labute approximate surface area is 198 Å². The lowest BCUT2D eigenvalue weighted by Gasteiger charge is -2.14. The minimum absolute atomic E-state index is 0.0563. The van der Waals surface area contributed by atoms with Gasteiger partial charge >= 0.3 is 0 Å². The molecule has 0 aliphatic carbocycles. The van der Waals surface area contributed by atoms with Crippen molar-refractivity contribution in [3.05, 3.63) is 59.8 Å². The Morgan fingerprint density at radius 2 is 2.03 bits per heavy atom. The predicted molar refractivity (Wildman–Crippen MR) is 131 cm³/mol. The summed E-state index contributed by atoms with van der Waals surface area (Å²) in [6.45, 7) is 3.36. The molecule has 0 saturated carbocycles. The molecule has 180 valence electrons. The Morgan fingerprint density at radius 1 is 1.18 bits per heavy atom. The van der Waals surface area contributed by atoms with E-state index >= 15 is 0 Å². The zero-order valence-electron chi connectivity index (χ0n) is 19.1. The van der Waals surface area contributed by atoms with Crippen molar-refractivity contribution in [2.75, 3.05) is 36.6 Å². The third-order valence-electron chi connectivity index (χ3n) is 5.20. The average molecular weight is 488 g/mol. The number of anilines is 3. The Kier molecular flexibility index (Phi) is 7.26. The maximum atomic E-state index is 14.7. The molecule has 0 radical (unpaired) electrons. The van der Waals surface area contributed by atoms with Gasteiger partial charge in [-0.15, -0.1) is 0 Å². The van der Waals surface area contributed by atoms with Crippen LogP contribution >= 0.6 is 0 Å². The van der Waals surface area contributed by atoms with Crippen LogP contribution in [0.25, 0.3) is 11.3 Å². The maximum absolute atomic E-state index is 14.7. The molecule has 2 aromatic carbocycles. The van der Waals surface area contributed by atoms with Crippen LogP contribution in [0.5, 0.6) is 5.75 Å². The summed E-state index contributed by atoms with van der Waals surface area (Å²) in [5, 5.41) is 6.27. The van der Waals surface area contributed by atoms with Crippen LogP contribution in [0.1, 0.15) is 25.3 Å². The van der Waals surface area contributed by atoms with E-state index in [4.69, 9.17) is 4.74 Å². The molecule has 2 heterocycles. The first-order chi connectivity index (χ1) is 16.3. The van der Waals surface area contributed by atoms with Gasteiger partial charge < -0.3 is 15.4 Å². The molecule has 1 atom stereocenters. The number of rotatable bonds is 3. The number of benzene rings is 2. The number of ether oxygens (including phenoxy) is 1. The second-order valence-electron chi connectivity index (χ2n) is 8.10. The Hall–Kier alpha value is -3.27. The zero-order chi connectivity index (χ0) is 24.1. The lowest BCUT2D eigenvalue weighted by molar-refractivity contribution is 0.308. The lowest BCUT2D eigenvalue weighted by Crippen LogP contribution is -2.07. The second-order valence-corrected chi connectivity index (χ2v) is 10.6. The minimum Gasteiger partial charge on any atom is -0.494 e. The number of fused-ring (bicyclic) bond motifs is 6. The molecule has 0 saturated heterocycles. The zero-order valence-corrected chi connectivity index (χ0v) is 19.9. The number of nitrogens with one attached hydrogen (secondary N) is 2. The van der Waals surface area contributed by atoms with Crippen molar-refractivity contribution in [1.82, 2.24) is 9.97 Å². The topological polar surface area (TPSA) is 88.5 Å². The molecule has 34 heavy (non-hydrogen) atoms. The molecular weight excluding hydrogens is 460 g/mol. The molecule has 0 amide bonds. The van der Waals surface area contributed by atoms with Gasteiger partial charge in [-0.1, -0.05) is 0 Å². The van der Waals surface area contributed by atoms with E-state index in [0.29, 0.717) is 42.4 Å². The van der Waals surface area contributed by atoms with Crippen molar-refractivity contribution in [2.24, 2.45) is 4.36 Å². The van der Waals surface area contributed by atoms with Gasteiger partial charge in [-0.05, 0) is 55.7 Å². The number of aromatic nitrogens is 2. The third-order valence-corrected chi connectivity index (χ3v) is 6.87. The summed E-state index contributed by atoms with van der Waals surface area (Å²) in [5.74, 6) is 0.00759.